The molecule has 3 nitrogen and oxygen atoms in total. The zero-order chi connectivity index (χ0) is 12.6. The Morgan fingerprint density at radius 3 is 2.53 bits per heavy atom. The van der Waals surface area contributed by atoms with Gasteiger partial charge in [0.05, 0.1) is 5.41 Å². The minimum absolute atomic E-state index is 0.0219. The number of hydrogen-bond donors (Lipinski definition) is 0. The van der Waals surface area contributed by atoms with Gasteiger partial charge in [0.25, 0.3) is 0 Å². The number of likely N-dealkylation sites (tertiary alicyclic amines) is 2. The Balaban J connectivity index is 2.01. The highest BCUT2D eigenvalue weighted by molar-refractivity contribution is 5.89. The van der Waals surface area contributed by atoms with E-state index in [1.165, 1.54) is 19.4 Å². The number of amides is 1. The highest BCUT2D eigenvalue weighted by atomic mass is 16.2. The van der Waals surface area contributed by atoms with E-state index < -0.39 is 0 Å². The molecule has 0 aromatic rings. The smallest absolute Gasteiger partial charge is 0.232 e. The van der Waals surface area contributed by atoms with E-state index in [-0.39, 0.29) is 5.41 Å². The topological polar surface area (TPSA) is 23.6 Å². The summed E-state index contributed by atoms with van der Waals surface area (Å²) in [7, 11) is 0. The molecular weight excluding hydrogens is 212 g/mol. The van der Waals surface area contributed by atoms with Crippen LogP contribution in [-0.4, -0.2) is 47.4 Å². The zero-order valence-electron chi connectivity index (χ0n) is 11.7. The molecule has 0 aromatic heterocycles. The minimum Gasteiger partial charge on any atom is -0.339 e. The van der Waals surface area contributed by atoms with E-state index in [0.717, 1.165) is 19.5 Å². The molecule has 1 spiro atoms. The Morgan fingerprint density at radius 2 is 2.00 bits per heavy atom. The van der Waals surface area contributed by atoms with E-state index in [1.54, 1.807) is 0 Å². The second kappa shape index (κ2) is 4.60. The van der Waals surface area contributed by atoms with Gasteiger partial charge in [0.1, 0.15) is 0 Å². The predicted octanol–water partition coefficient (Wildman–Crippen LogP) is 2.12. The summed E-state index contributed by atoms with van der Waals surface area (Å²) in [5.74, 6) is 0.403. The summed E-state index contributed by atoms with van der Waals surface area (Å²) in [6.07, 6.45) is 3.46. The summed E-state index contributed by atoms with van der Waals surface area (Å²) < 4.78 is 0. The van der Waals surface area contributed by atoms with Crippen molar-refractivity contribution in [3.63, 3.8) is 0 Å². The molecule has 0 radical (unpaired) electrons. The second-order valence-electron chi connectivity index (χ2n) is 6.14. The number of hydrogen-bond acceptors (Lipinski definition) is 2. The molecule has 2 atom stereocenters. The Kier molecular flexibility index (Phi) is 3.48. The lowest BCUT2D eigenvalue weighted by molar-refractivity contribution is -0.170. The Morgan fingerprint density at radius 1 is 1.29 bits per heavy atom. The van der Waals surface area contributed by atoms with Gasteiger partial charge in [-0.15, -0.1) is 0 Å². The monoisotopic (exact) mass is 238 g/mol. The lowest BCUT2D eigenvalue weighted by atomic mass is 9.71. The van der Waals surface area contributed by atoms with Gasteiger partial charge >= 0.3 is 0 Å². The molecule has 2 rings (SSSR count). The third-order valence-electron chi connectivity index (χ3n) is 4.63. The number of carbonyl (C=O) groups excluding carboxylic acids is 1. The van der Waals surface area contributed by atoms with Gasteiger partial charge < -0.3 is 4.90 Å². The van der Waals surface area contributed by atoms with Crippen LogP contribution in [0.15, 0.2) is 0 Å². The number of carbonyl (C=O) groups is 1. The summed E-state index contributed by atoms with van der Waals surface area (Å²) >= 11 is 0. The van der Waals surface area contributed by atoms with Gasteiger partial charge in [-0.05, 0) is 46.6 Å². The average Bonchev–Trinajstić information content (AvgIpc) is 2.34. The normalized spacial score (nSPS) is 32.1. The molecule has 98 valence electrons. The van der Waals surface area contributed by atoms with Crippen LogP contribution in [0.4, 0.5) is 0 Å². The Labute approximate surface area is 105 Å². The summed E-state index contributed by atoms with van der Waals surface area (Å²) in [6, 6.07) is 0.986. The van der Waals surface area contributed by atoms with Gasteiger partial charge in [-0.3, -0.25) is 9.69 Å². The van der Waals surface area contributed by atoms with Crippen LogP contribution < -0.4 is 0 Å². The van der Waals surface area contributed by atoms with E-state index in [9.17, 15) is 4.79 Å². The molecule has 2 fully saturated rings. The number of rotatable bonds is 3. The molecule has 0 aromatic carbocycles. The van der Waals surface area contributed by atoms with Crippen LogP contribution in [0.3, 0.4) is 0 Å². The fraction of sp³-hybridized carbons (Fsp3) is 0.929. The fourth-order valence-electron chi connectivity index (χ4n) is 3.20. The van der Waals surface area contributed by atoms with Gasteiger partial charge in [0.2, 0.25) is 5.91 Å². The maximum absolute atomic E-state index is 12.3. The molecule has 2 saturated heterocycles. The van der Waals surface area contributed by atoms with Gasteiger partial charge in [0, 0.05) is 25.2 Å². The van der Waals surface area contributed by atoms with Crippen LogP contribution in [0.5, 0.6) is 0 Å². The van der Waals surface area contributed by atoms with Crippen molar-refractivity contribution in [1.29, 1.82) is 0 Å². The van der Waals surface area contributed by atoms with E-state index in [4.69, 9.17) is 0 Å². The summed E-state index contributed by atoms with van der Waals surface area (Å²) in [6.45, 7) is 11.9. The molecule has 0 aliphatic carbocycles. The third kappa shape index (κ3) is 2.10. The van der Waals surface area contributed by atoms with E-state index in [2.05, 4.69) is 32.6 Å². The average molecular weight is 238 g/mol. The Bertz CT molecular complexity index is 303. The van der Waals surface area contributed by atoms with Crippen LogP contribution in [0.25, 0.3) is 0 Å². The van der Waals surface area contributed by atoms with Gasteiger partial charge in [-0.2, -0.15) is 0 Å². The molecule has 2 aliphatic heterocycles. The molecule has 17 heavy (non-hydrogen) atoms. The second-order valence-corrected chi connectivity index (χ2v) is 6.14. The quantitative estimate of drug-likeness (QED) is 0.703. The van der Waals surface area contributed by atoms with E-state index in [1.807, 2.05) is 4.90 Å². The first-order valence-electron chi connectivity index (χ1n) is 7.05. The van der Waals surface area contributed by atoms with Crippen molar-refractivity contribution in [2.75, 3.05) is 19.6 Å². The summed E-state index contributed by atoms with van der Waals surface area (Å²) in [5.41, 5.74) is -0.0219. The van der Waals surface area contributed by atoms with Crippen molar-refractivity contribution in [2.45, 2.75) is 59.0 Å². The van der Waals surface area contributed by atoms with Crippen LogP contribution >= 0.6 is 0 Å². The van der Waals surface area contributed by atoms with Crippen molar-refractivity contribution in [3.8, 4) is 0 Å². The predicted molar refractivity (Wildman–Crippen MR) is 69.8 cm³/mol. The first kappa shape index (κ1) is 12.9. The van der Waals surface area contributed by atoms with Crippen molar-refractivity contribution < 1.29 is 4.79 Å². The molecule has 0 N–H and O–H groups in total. The lowest BCUT2D eigenvalue weighted by Crippen LogP contribution is -2.69. The molecular formula is C14H26N2O. The van der Waals surface area contributed by atoms with Crippen molar-refractivity contribution in [2.24, 2.45) is 5.41 Å². The zero-order valence-corrected chi connectivity index (χ0v) is 11.7. The first-order valence-corrected chi connectivity index (χ1v) is 7.05. The van der Waals surface area contributed by atoms with Gasteiger partial charge in [-0.1, -0.05) is 6.92 Å². The first-order chi connectivity index (χ1) is 8.00. The summed E-state index contributed by atoms with van der Waals surface area (Å²) in [4.78, 5) is 16.9. The van der Waals surface area contributed by atoms with E-state index >= 15 is 0 Å². The highest BCUT2D eigenvalue weighted by Gasteiger charge is 2.54. The van der Waals surface area contributed by atoms with Crippen LogP contribution in [0.1, 0.15) is 47.0 Å². The van der Waals surface area contributed by atoms with Crippen LogP contribution in [0, 0.1) is 5.41 Å². The van der Waals surface area contributed by atoms with Crippen molar-refractivity contribution >= 4 is 5.91 Å². The molecule has 2 aliphatic rings. The van der Waals surface area contributed by atoms with Gasteiger partial charge in [0.15, 0.2) is 0 Å². The fourth-order valence-corrected chi connectivity index (χ4v) is 3.20. The molecule has 2 heterocycles. The number of nitrogens with zero attached hydrogens (tertiary/aromatic N) is 2. The summed E-state index contributed by atoms with van der Waals surface area (Å²) in [5, 5.41) is 0. The largest absolute Gasteiger partial charge is 0.339 e. The molecule has 3 heteroatoms. The van der Waals surface area contributed by atoms with Gasteiger partial charge in [-0.25, -0.2) is 0 Å². The molecule has 2 unspecified atom stereocenters. The SMILES string of the molecule is CCC(C)N1CCCC2(C1)CN(C(C)C)C2=O. The maximum Gasteiger partial charge on any atom is 0.232 e. The number of β-lactam (4-membered cyclic amide) rings is 1. The maximum atomic E-state index is 12.3. The highest BCUT2D eigenvalue weighted by Crippen LogP contribution is 2.41. The third-order valence-corrected chi connectivity index (χ3v) is 4.63. The molecule has 1 amide bonds. The molecule has 0 saturated carbocycles. The number of piperidine rings is 1. The minimum atomic E-state index is -0.0219. The van der Waals surface area contributed by atoms with Crippen molar-refractivity contribution in [3.05, 3.63) is 0 Å². The standard InChI is InChI=1S/C14H26N2O/c1-5-12(4)15-8-6-7-14(9-15)10-16(11(2)3)13(14)17/h11-12H,5-10H2,1-4H3. The molecule has 0 bridgehead atoms. The van der Waals surface area contributed by atoms with Crippen LogP contribution in [0.2, 0.25) is 0 Å². The van der Waals surface area contributed by atoms with E-state index in [0.29, 0.717) is 18.0 Å². The van der Waals surface area contributed by atoms with Crippen LogP contribution in [-0.2, 0) is 4.79 Å². The Hall–Kier alpha value is -0.570. The lowest BCUT2D eigenvalue weighted by Gasteiger charge is -2.55. The van der Waals surface area contributed by atoms with Crippen molar-refractivity contribution in [1.82, 2.24) is 9.80 Å².